The number of carbonyl (C=O) groups is 2. The first-order valence-corrected chi connectivity index (χ1v) is 13.4. The molecule has 0 fully saturated rings. The summed E-state index contributed by atoms with van der Waals surface area (Å²) >= 11 is 6.70. The molecule has 0 atom stereocenters. The molecule has 0 saturated heterocycles. The van der Waals surface area contributed by atoms with Crippen molar-refractivity contribution in [2.45, 2.75) is 52.9 Å². The van der Waals surface area contributed by atoms with Gasteiger partial charge in [0.15, 0.2) is 0 Å². The second-order valence-electron chi connectivity index (χ2n) is 10.2. The molecule has 5 rings (SSSR count). The van der Waals surface area contributed by atoms with Crippen molar-refractivity contribution in [3.05, 3.63) is 85.7 Å². The molecular formula is C31H31ClFNO4. The van der Waals surface area contributed by atoms with Crippen LogP contribution in [0.2, 0.25) is 5.02 Å². The molecule has 2 aliphatic rings. The molecule has 0 saturated carbocycles. The molecule has 0 radical (unpaired) electrons. The van der Waals surface area contributed by atoms with E-state index in [1.54, 1.807) is 17.0 Å². The monoisotopic (exact) mass is 535 g/mol. The van der Waals surface area contributed by atoms with Gasteiger partial charge in [-0.15, -0.1) is 0 Å². The molecule has 198 valence electrons. The molecule has 7 heteroatoms. The summed E-state index contributed by atoms with van der Waals surface area (Å²) in [5, 5.41) is 10.4. The number of hydrogen-bond acceptors (Lipinski definition) is 3. The summed E-state index contributed by atoms with van der Waals surface area (Å²) in [7, 11) is 0. The minimum atomic E-state index is -0.893. The molecule has 5 nitrogen and oxygen atoms in total. The van der Waals surface area contributed by atoms with Gasteiger partial charge in [0, 0.05) is 18.7 Å². The van der Waals surface area contributed by atoms with Crippen LogP contribution >= 0.6 is 11.6 Å². The van der Waals surface area contributed by atoms with Crippen molar-refractivity contribution in [1.82, 2.24) is 4.90 Å². The van der Waals surface area contributed by atoms with Gasteiger partial charge in [0.1, 0.15) is 11.6 Å². The van der Waals surface area contributed by atoms with Crippen LogP contribution in [0, 0.1) is 26.6 Å². The van der Waals surface area contributed by atoms with Gasteiger partial charge in [-0.1, -0.05) is 17.7 Å². The number of rotatable bonds is 4. The van der Waals surface area contributed by atoms with Crippen LogP contribution in [0.4, 0.5) is 4.39 Å². The molecule has 0 aromatic heterocycles. The lowest BCUT2D eigenvalue weighted by molar-refractivity contribution is -0.136. The Bertz CT molecular complexity index is 1470. The Morgan fingerprint density at radius 1 is 1.00 bits per heavy atom. The fraction of sp³-hybridized carbons (Fsp3) is 0.355. The number of hydrogen-bond donors (Lipinski definition) is 1. The lowest BCUT2D eigenvalue weighted by Crippen LogP contribution is -2.33. The van der Waals surface area contributed by atoms with E-state index >= 15 is 0 Å². The third-order valence-electron chi connectivity index (χ3n) is 8.05. The van der Waals surface area contributed by atoms with Crippen molar-refractivity contribution in [3.8, 4) is 16.9 Å². The van der Waals surface area contributed by atoms with Gasteiger partial charge in [0.25, 0.3) is 5.91 Å². The van der Waals surface area contributed by atoms with E-state index in [4.69, 9.17) is 16.3 Å². The van der Waals surface area contributed by atoms with Crippen molar-refractivity contribution in [2.75, 3.05) is 19.7 Å². The highest BCUT2D eigenvalue weighted by Crippen LogP contribution is 2.44. The lowest BCUT2D eigenvalue weighted by atomic mass is 9.80. The Labute approximate surface area is 227 Å². The summed E-state index contributed by atoms with van der Waals surface area (Å²) in [6.45, 7) is 7.71. The van der Waals surface area contributed by atoms with Crippen LogP contribution in [0.15, 0.2) is 30.3 Å². The number of carboxylic acids is 1. The summed E-state index contributed by atoms with van der Waals surface area (Å²) < 4.78 is 19.7. The Morgan fingerprint density at radius 2 is 1.71 bits per heavy atom. The first-order valence-electron chi connectivity index (χ1n) is 13.0. The molecular weight excluding hydrogens is 505 g/mol. The van der Waals surface area contributed by atoms with Crippen molar-refractivity contribution >= 4 is 23.5 Å². The molecule has 38 heavy (non-hydrogen) atoms. The number of carboxylic acid groups (broad SMARTS) is 1. The fourth-order valence-electron chi connectivity index (χ4n) is 6.14. The Balaban J connectivity index is 1.62. The molecule has 1 amide bonds. The zero-order valence-electron chi connectivity index (χ0n) is 21.9. The zero-order chi connectivity index (χ0) is 27.1. The highest BCUT2D eigenvalue weighted by atomic mass is 35.5. The van der Waals surface area contributed by atoms with Crippen LogP contribution in [0.5, 0.6) is 5.75 Å². The van der Waals surface area contributed by atoms with E-state index < -0.39 is 11.8 Å². The van der Waals surface area contributed by atoms with E-state index in [0.29, 0.717) is 43.1 Å². The van der Waals surface area contributed by atoms with Crippen LogP contribution in [0.1, 0.15) is 55.7 Å². The smallest absolute Gasteiger partial charge is 0.307 e. The summed E-state index contributed by atoms with van der Waals surface area (Å²) in [5.74, 6) is -0.797. The third-order valence-corrected chi connectivity index (χ3v) is 8.34. The number of ether oxygens (including phenoxy) is 1. The number of benzene rings is 3. The summed E-state index contributed by atoms with van der Waals surface area (Å²) in [6, 6.07) is 7.69. The molecule has 2 aliphatic heterocycles. The minimum absolute atomic E-state index is 0.105. The number of halogens is 2. The van der Waals surface area contributed by atoms with Gasteiger partial charge >= 0.3 is 5.97 Å². The van der Waals surface area contributed by atoms with E-state index in [1.165, 1.54) is 12.1 Å². The standard InChI is InChI=1S/C31H31ClFNO4/c1-17-22-9-11-34(31(37)20-6-4-7-21(33)14-20)12-10-23(22)19(3)29(26(17)16-28(35)36)25-15-27(32)30-24(18(25)2)8-5-13-38-30/h4,6-7,14-15H,5,8-13,16H2,1-3H3,(H,35,36). The molecule has 0 aliphatic carbocycles. The highest BCUT2D eigenvalue weighted by molar-refractivity contribution is 6.32. The van der Waals surface area contributed by atoms with Gasteiger partial charge in [-0.3, -0.25) is 9.59 Å². The second-order valence-corrected chi connectivity index (χ2v) is 10.6. The van der Waals surface area contributed by atoms with Crippen LogP contribution in [0.3, 0.4) is 0 Å². The largest absolute Gasteiger partial charge is 0.492 e. The average Bonchev–Trinajstić information content (AvgIpc) is 3.13. The van der Waals surface area contributed by atoms with Gasteiger partial charge in [-0.25, -0.2) is 4.39 Å². The molecule has 3 aromatic carbocycles. The average molecular weight is 536 g/mol. The fourth-order valence-corrected chi connectivity index (χ4v) is 6.42. The third kappa shape index (κ3) is 4.66. The van der Waals surface area contributed by atoms with E-state index in [1.807, 2.05) is 19.9 Å². The molecule has 3 aromatic rings. The SMILES string of the molecule is Cc1c(-c2c(C)c3c(c(C)c2CC(=O)O)CCN(C(=O)c2cccc(F)c2)CC3)cc(Cl)c2c1CCCO2. The van der Waals surface area contributed by atoms with Gasteiger partial charge in [-0.05, 0) is 121 Å². The summed E-state index contributed by atoms with van der Waals surface area (Å²) in [6.07, 6.45) is 2.90. The molecule has 0 bridgehead atoms. The number of amides is 1. The maximum Gasteiger partial charge on any atom is 0.307 e. The van der Waals surface area contributed by atoms with E-state index in [0.717, 1.165) is 68.7 Å². The van der Waals surface area contributed by atoms with Gasteiger partial charge in [0.05, 0.1) is 18.1 Å². The Hall–Kier alpha value is -3.38. The van der Waals surface area contributed by atoms with Crippen LogP contribution in [-0.2, 0) is 30.5 Å². The van der Waals surface area contributed by atoms with Crippen molar-refractivity contribution in [1.29, 1.82) is 0 Å². The zero-order valence-corrected chi connectivity index (χ0v) is 22.7. The second kappa shape index (κ2) is 10.4. The first-order chi connectivity index (χ1) is 18.2. The van der Waals surface area contributed by atoms with E-state index in [2.05, 4.69) is 6.92 Å². The number of nitrogens with zero attached hydrogens (tertiary/aromatic N) is 1. The van der Waals surface area contributed by atoms with Crippen molar-refractivity contribution in [2.24, 2.45) is 0 Å². The Morgan fingerprint density at radius 3 is 2.39 bits per heavy atom. The number of fused-ring (bicyclic) bond motifs is 2. The molecule has 0 unspecified atom stereocenters. The quantitative estimate of drug-likeness (QED) is 0.428. The number of aliphatic carboxylic acids is 1. The normalized spacial score (nSPS) is 14.8. The topological polar surface area (TPSA) is 66.8 Å². The van der Waals surface area contributed by atoms with Gasteiger partial charge < -0.3 is 14.7 Å². The summed E-state index contributed by atoms with van der Waals surface area (Å²) in [5.41, 5.74) is 9.34. The first kappa shape index (κ1) is 26.2. The predicted molar refractivity (Wildman–Crippen MR) is 146 cm³/mol. The van der Waals surface area contributed by atoms with Crippen LogP contribution in [-0.4, -0.2) is 41.6 Å². The minimum Gasteiger partial charge on any atom is -0.492 e. The summed E-state index contributed by atoms with van der Waals surface area (Å²) in [4.78, 5) is 27.0. The molecule has 0 spiro atoms. The molecule has 1 N–H and O–H groups in total. The maximum atomic E-state index is 13.8. The highest BCUT2D eigenvalue weighted by Gasteiger charge is 2.29. The van der Waals surface area contributed by atoms with E-state index in [-0.39, 0.29) is 12.3 Å². The molecule has 2 heterocycles. The van der Waals surface area contributed by atoms with Crippen LogP contribution < -0.4 is 4.74 Å². The Kier molecular flexibility index (Phi) is 7.19. The number of carbonyl (C=O) groups excluding carboxylic acids is 1. The van der Waals surface area contributed by atoms with Crippen molar-refractivity contribution in [3.63, 3.8) is 0 Å². The predicted octanol–water partition coefficient (Wildman–Crippen LogP) is 6.26. The van der Waals surface area contributed by atoms with Crippen LogP contribution in [0.25, 0.3) is 11.1 Å². The lowest BCUT2D eigenvalue weighted by Gasteiger charge is -2.27. The maximum absolute atomic E-state index is 13.8. The van der Waals surface area contributed by atoms with Gasteiger partial charge in [-0.2, -0.15) is 0 Å². The van der Waals surface area contributed by atoms with Gasteiger partial charge in [0.2, 0.25) is 0 Å². The van der Waals surface area contributed by atoms with Crippen molar-refractivity contribution < 1.29 is 23.8 Å². The van der Waals surface area contributed by atoms with E-state index in [9.17, 15) is 19.1 Å².